The fourth-order valence-corrected chi connectivity index (χ4v) is 3.31. The summed E-state index contributed by atoms with van der Waals surface area (Å²) in [5.74, 6) is 0.582. The van der Waals surface area contributed by atoms with Gasteiger partial charge in [0.2, 0.25) is 0 Å². The second-order valence-corrected chi connectivity index (χ2v) is 7.80. The van der Waals surface area contributed by atoms with Crippen LogP contribution in [0.3, 0.4) is 0 Å². The fraction of sp³-hybridized carbons (Fsp3) is 0.296. The van der Waals surface area contributed by atoms with Gasteiger partial charge in [-0.25, -0.2) is 4.79 Å². The predicted molar refractivity (Wildman–Crippen MR) is 125 cm³/mol. The van der Waals surface area contributed by atoms with Crippen molar-refractivity contribution in [1.82, 2.24) is 0 Å². The summed E-state index contributed by atoms with van der Waals surface area (Å²) in [6, 6.07) is 25.8. The molecule has 0 amide bonds. The molecule has 0 saturated carbocycles. The summed E-state index contributed by atoms with van der Waals surface area (Å²) in [6.07, 6.45) is 0.0167. The molecule has 3 aromatic rings. The van der Waals surface area contributed by atoms with Gasteiger partial charge in [-0.05, 0) is 54.8 Å². The molecule has 0 aliphatic heterocycles. The van der Waals surface area contributed by atoms with Crippen LogP contribution >= 0.6 is 0 Å². The number of ether oxygens (including phenoxy) is 3. The summed E-state index contributed by atoms with van der Waals surface area (Å²) in [6.45, 7) is 4.72. The normalized spacial score (nSPS) is 11.8. The zero-order valence-electron chi connectivity index (χ0n) is 18.6. The monoisotopic (exact) mass is 434 g/mol. The Hall–Kier alpha value is -3.31. The smallest absolute Gasteiger partial charge is 0.333 e. The van der Waals surface area contributed by atoms with Gasteiger partial charge in [0.05, 0.1) is 19.3 Å². The van der Waals surface area contributed by atoms with E-state index in [9.17, 15) is 9.90 Å². The molecule has 0 aliphatic rings. The second-order valence-electron chi connectivity index (χ2n) is 7.80. The molecular formula is C27H30O5. The number of hydrogen-bond acceptors (Lipinski definition) is 4. The Morgan fingerprint density at radius 1 is 0.812 bits per heavy atom. The standard InChI is InChI=1S/C27H30O5/c1-20(2)32-26(27(28)29)19-21-8-6-11-25(18-21)31-17-7-16-30-24-14-12-23(13-15-24)22-9-4-3-5-10-22/h3-6,8-15,18,20,26H,7,16-17,19H2,1-2H3,(H,28,29). The van der Waals surface area contributed by atoms with E-state index in [4.69, 9.17) is 14.2 Å². The number of benzene rings is 3. The molecule has 5 nitrogen and oxygen atoms in total. The number of carboxylic acids is 1. The molecule has 0 aliphatic carbocycles. The zero-order chi connectivity index (χ0) is 22.8. The summed E-state index contributed by atoms with van der Waals surface area (Å²) < 4.78 is 17.1. The van der Waals surface area contributed by atoms with Crippen LogP contribution < -0.4 is 9.47 Å². The molecule has 5 heteroatoms. The van der Waals surface area contributed by atoms with Crippen molar-refractivity contribution in [2.45, 2.75) is 38.9 Å². The average molecular weight is 435 g/mol. The van der Waals surface area contributed by atoms with Crippen LogP contribution in [0.4, 0.5) is 0 Å². The summed E-state index contributed by atoms with van der Waals surface area (Å²) in [5, 5.41) is 9.35. The summed E-state index contributed by atoms with van der Waals surface area (Å²) >= 11 is 0. The van der Waals surface area contributed by atoms with Gasteiger partial charge in [0.1, 0.15) is 11.5 Å². The maximum atomic E-state index is 11.4. The van der Waals surface area contributed by atoms with Crippen molar-refractivity contribution in [2.24, 2.45) is 0 Å². The van der Waals surface area contributed by atoms with E-state index in [2.05, 4.69) is 24.3 Å². The van der Waals surface area contributed by atoms with E-state index in [0.29, 0.717) is 25.4 Å². The highest BCUT2D eigenvalue weighted by molar-refractivity contribution is 5.72. The molecule has 168 valence electrons. The summed E-state index contributed by atoms with van der Waals surface area (Å²) in [5.41, 5.74) is 3.20. The third-order valence-corrected chi connectivity index (χ3v) is 4.82. The molecule has 3 rings (SSSR count). The van der Waals surface area contributed by atoms with E-state index in [-0.39, 0.29) is 6.10 Å². The third kappa shape index (κ3) is 7.43. The number of hydrogen-bond donors (Lipinski definition) is 1. The van der Waals surface area contributed by atoms with E-state index in [1.54, 1.807) is 0 Å². The molecule has 0 fully saturated rings. The van der Waals surface area contributed by atoms with Gasteiger partial charge in [0, 0.05) is 12.8 Å². The maximum Gasteiger partial charge on any atom is 0.333 e. The van der Waals surface area contributed by atoms with Crippen LogP contribution in [-0.2, 0) is 16.0 Å². The molecule has 0 bridgehead atoms. The van der Waals surface area contributed by atoms with E-state index < -0.39 is 12.1 Å². The molecule has 3 aromatic carbocycles. The Morgan fingerprint density at radius 2 is 1.47 bits per heavy atom. The molecule has 1 atom stereocenters. The summed E-state index contributed by atoms with van der Waals surface area (Å²) in [7, 11) is 0. The lowest BCUT2D eigenvalue weighted by atomic mass is 10.1. The molecule has 0 heterocycles. The first kappa shape index (κ1) is 23.4. The molecule has 0 saturated heterocycles. The Bertz CT molecular complexity index is 967. The highest BCUT2D eigenvalue weighted by atomic mass is 16.5. The lowest BCUT2D eigenvalue weighted by Gasteiger charge is -2.17. The van der Waals surface area contributed by atoms with Gasteiger partial charge >= 0.3 is 5.97 Å². The van der Waals surface area contributed by atoms with Crippen molar-refractivity contribution in [2.75, 3.05) is 13.2 Å². The number of carbonyl (C=O) groups is 1. The van der Waals surface area contributed by atoms with Crippen LogP contribution in [0.15, 0.2) is 78.9 Å². The Morgan fingerprint density at radius 3 is 2.12 bits per heavy atom. The van der Waals surface area contributed by atoms with Crippen LogP contribution in [-0.4, -0.2) is 36.5 Å². The Kier molecular flexibility index (Phi) is 8.70. The van der Waals surface area contributed by atoms with Crippen LogP contribution in [0.2, 0.25) is 0 Å². The van der Waals surface area contributed by atoms with Crippen molar-refractivity contribution in [3.05, 3.63) is 84.4 Å². The molecule has 1 N–H and O–H groups in total. The van der Waals surface area contributed by atoms with Gasteiger partial charge in [-0.3, -0.25) is 0 Å². The number of aliphatic carboxylic acids is 1. The van der Waals surface area contributed by atoms with Crippen LogP contribution in [0, 0.1) is 0 Å². The first-order valence-corrected chi connectivity index (χ1v) is 10.9. The van der Waals surface area contributed by atoms with Crippen molar-refractivity contribution in [1.29, 1.82) is 0 Å². The third-order valence-electron chi connectivity index (χ3n) is 4.82. The fourth-order valence-electron chi connectivity index (χ4n) is 3.31. The minimum Gasteiger partial charge on any atom is -0.493 e. The first-order chi connectivity index (χ1) is 15.5. The van der Waals surface area contributed by atoms with Crippen molar-refractivity contribution in [3.63, 3.8) is 0 Å². The maximum absolute atomic E-state index is 11.4. The molecular weight excluding hydrogens is 404 g/mol. The van der Waals surface area contributed by atoms with Gasteiger partial charge in [-0.2, -0.15) is 0 Å². The zero-order valence-corrected chi connectivity index (χ0v) is 18.6. The van der Waals surface area contributed by atoms with Crippen molar-refractivity contribution >= 4 is 5.97 Å². The minimum atomic E-state index is -0.959. The van der Waals surface area contributed by atoms with Crippen LogP contribution in [0.5, 0.6) is 11.5 Å². The van der Waals surface area contributed by atoms with E-state index in [1.165, 1.54) is 5.56 Å². The highest BCUT2D eigenvalue weighted by Crippen LogP contribution is 2.22. The average Bonchev–Trinajstić information content (AvgIpc) is 2.79. The van der Waals surface area contributed by atoms with E-state index in [0.717, 1.165) is 23.3 Å². The van der Waals surface area contributed by atoms with Gasteiger partial charge in [0.15, 0.2) is 6.10 Å². The second kappa shape index (κ2) is 11.9. The van der Waals surface area contributed by atoms with Crippen molar-refractivity contribution in [3.8, 4) is 22.6 Å². The summed E-state index contributed by atoms with van der Waals surface area (Å²) in [4.78, 5) is 11.4. The van der Waals surface area contributed by atoms with Gasteiger partial charge in [-0.15, -0.1) is 0 Å². The topological polar surface area (TPSA) is 65.0 Å². The molecule has 0 aromatic heterocycles. The SMILES string of the molecule is CC(C)OC(Cc1cccc(OCCCOc2ccc(-c3ccccc3)cc2)c1)C(=O)O. The van der Waals surface area contributed by atoms with Crippen LogP contribution in [0.25, 0.3) is 11.1 Å². The molecule has 0 radical (unpaired) electrons. The largest absolute Gasteiger partial charge is 0.493 e. The lowest BCUT2D eigenvalue weighted by Crippen LogP contribution is -2.29. The Balaban J connectivity index is 1.42. The molecule has 32 heavy (non-hydrogen) atoms. The predicted octanol–water partition coefficient (Wildman–Crippen LogP) is 5.62. The first-order valence-electron chi connectivity index (χ1n) is 10.9. The quantitative estimate of drug-likeness (QED) is 0.375. The molecule has 0 spiro atoms. The number of carboxylic acid groups (broad SMARTS) is 1. The minimum absolute atomic E-state index is 0.148. The Labute approximate surface area is 189 Å². The van der Waals surface area contributed by atoms with E-state index in [1.807, 2.05) is 68.4 Å². The van der Waals surface area contributed by atoms with Gasteiger partial charge in [0.25, 0.3) is 0 Å². The van der Waals surface area contributed by atoms with Gasteiger partial charge < -0.3 is 19.3 Å². The van der Waals surface area contributed by atoms with Gasteiger partial charge in [-0.1, -0.05) is 54.6 Å². The lowest BCUT2D eigenvalue weighted by molar-refractivity contribution is -0.153. The highest BCUT2D eigenvalue weighted by Gasteiger charge is 2.20. The van der Waals surface area contributed by atoms with E-state index >= 15 is 0 Å². The number of rotatable bonds is 12. The molecule has 1 unspecified atom stereocenters. The van der Waals surface area contributed by atoms with Crippen LogP contribution in [0.1, 0.15) is 25.8 Å². The van der Waals surface area contributed by atoms with Crippen molar-refractivity contribution < 1.29 is 24.1 Å².